The highest BCUT2D eigenvalue weighted by molar-refractivity contribution is 5.29. The molecule has 1 aromatic carbocycles. The normalized spacial score (nSPS) is 15.8. The summed E-state index contributed by atoms with van der Waals surface area (Å²) < 4.78 is 49.7. The maximum Gasteiger partial charge on any atom is 0.146 e. The number of hydrogen-bond donors (Lipinski definition) is 0. The van der Waals surface area contributed by atoms with E-state index < -0.39 is 12.3 Å². The first-order chi connectivity index (χ1) is 7.69. The van der Waals surface area contributed by atoms with Crippen molar-refractivity contribution in [1.29, 1.82) is 0 Å². The van der Waals surface area contributed by atoms with Crippen LogP contribution in [0.1, 0.15) is 23.5 Å². The molecule has 0 radical (unpaired) electrons. The molecule has 0 nitrogen and oxygen atoms in total. The largest absolute Gasteiger partial charge is 0.238 e. The van der Waals surface area contributed by atoms with E-state index in [0.29, 0.717) is 0 Å². The summed E-state index contributed by atoms with van der Waals surface area (Å²) in [5, 5.41) is 0. The highest BCUT2D eigenvalue weighted by Gasteiger charge is 2.09. The quantitative estimate of drug-likeness (QED) is 0.659. The van der Waals surface area contributed by atoms with Gasteiger partial charge in [0.1, 0.15) is 12.3 Å². The smallest absolute Gasteiger partial charge is 0.146 e. The van der Waals surface area contributed by atoms with Crippen molar-refractivity contribution in [2.24, 2.45) is 0 Å². The van der Waals surface area contributed by atoms with Gasteiger partial charge in [-0.25, -0.2) is 17.6 Å². The van der Waals surface area contributed by atoms with E-state index in [9.17, 15) is 17.6 Å². The molecule has 0 aliphatic rings. The van der Waals surface area contributed by atoms with Gasteiger partial charge in [0.05, 0.1) is 12.7 Å². The Morgan fingerprint density at radius 1 is 0.750 bits per heavy atom. The molecule has 0 spiro atoms. The van der Waals surface area contributed by atoms with Crippen molar-refractivity contribution in [3.63, 3.8) is 0 Å². The molecule has 0 aliphatic heterocycles. The van der Waals surface area contributed by atoms with Crippen LogP contribution >= 0.6 is 0 Å². The summed E-state index contributed by atoms with van der Waals surface area (Å²) >= 11 is 0. The van der Waals surface area contributed by atoms with Crippen LogP contribution in [0.25, 0.3) is 0 Å². The van der Waals surface area contributed by atoms with Gasteiger partial charge >= 0.3 is 0 Å². The first kappa shape index (κ1) is 12.5. The minimum atomic E-state index is -1.56. The first-order valence-corrected chi connectivity index (χ1v) is 4.60. The third-order valence-corrected chi connectivity index (χ3v) is 2.06. The van der Waals surface area contributed by atoms with Crippen molar-refractivity contribution in [1.82, 2.24) is 0 Å². The number of halogens is 4. The predicted octanol–water partition coefficient (Wildman–Crippen LogP) is 4.67. The Morgan fingerprint density at radius 3 is 1.31 bits per heavy atom. The molecule has 1 rings (SSSR count). The number of rotatable bonds is 4. The van der Waals surface area contributed by atoms with Gasteiger partial charge in [0.2, 0.25) is 0 Å². The fraction of sp³-hybridized carbons (Fsp3) is 0.167. The van der Waals surface area contributed by atoms with Crippen molar-refractivity contribution >= 4 is 0 Å². The molecule has 0 fully saturated rings. The monoisotopic (exact) mass is 230 g/mol. The fourth-order valence-electron chi connectivity index (χ4n) is 1.21. The lowest BCUT2D eigenvalue weighted by Gasteiger charge is -2.06. The van der Waals surface area contributed by atoms with Crippen molar-refractivity contribution in [3.8, 4) is 0 Å². The zero-order valence-electron chi connectivity index (χ0n) is 8.29. The fourth-order valence-corrected chi connectivity index (χ4v) is 1.21. The van der Waals surface area contributed by atoms with Gasteiger partial charge in [-0.05, 0) is 23.3 Å². The molecule has 2 unspecified atom stereocenters. The Labute approximate surface area is 90.9 Å². The van der Waals surface area contributed by atoms with Crippen LogP contribution in [0.15, 0.2) is 49.1 Å². The molecule has 0 saturated carbocycles. The topological polar surface area (TPSA) is 0 Å². The molecular weight excluding hydrogens is 220 g/mol. The summed E-state index contributed by atoms with van der Waals surface area (Å²) in [5.41, 5.74) is 0.433. The average Bonchev–Trinajstić information content (AvgIpc) is 2.30. The Morgan fingerprint density at radius 2 is 1.06 bits per heavy atom. The van der Waals surface area contributed by atoms with E-state index in [1.54, 1.807) is 0 Å². The molecule has 2 atom stereocenters. The summed E-state index contributed by atoms with van der Waals surface area (Å²) in [6, 6.07) is 5.33. The second-order valence-corrected chi connectivity index (χ2v) is 3.11. The van der Waals surface area contributed by atoms with Crippen LogP contribution in [0.3, 0.4) is 0 Å². The lowest BCUT2D eigenvalue weighted by atomic mass is 10.1. The van der Waals surface area contributed by atoms with E-state index in [-0.39, 0.29) is 23.8 Å². The number of allylic oxidation sites excluding steroid dienone is 2. The van der Waals surface area contributed by atoms with Crippen LogP contribution in [0, 0.1) is 0 Å². The van der Waals surface area contributed by atoms with Gasteiger partial charge in [-0.1, -0.05) is 24.3 Å². The van der Waals surface area contributed by atoms with Gasteiger partial charge < -0.3 is 0 Å². The highest BCUT2D eigenvalue weighted by atomic mass is 19.1. The van der Waals surface area contributed by atoms with Crippen molar-refractivity contribution in [2.45, 2.75) is 12.3 Å². The summed E-state index contributed by atoms with van der Waals surface area (Å²) in [4.78, 5) is 0. The first-order valence-electron chi connectivity index (χ1n) is 4.60. The van der Waals surface area contributed by atoms with Crippen molar-refractivity contribution < 1.29 is 17.6 Å². The zero-order chi connectivity index (χ0) is 12.0. The van der Waals surface area contributed by atoms with Crippen LogP contribution in [0.4, 0.5) is 17.6 Å². The van der Waals surface area contributed by atoms with Crippen molar-refractivity contribution in [2.75, 3.05) is 0 Å². The van der Waals surface area contributed by atoms with E-state index in [1.165, 1.54) is 24.3 Å². The molecule has 0 bridgehead atoms. The Hall–Kier alpha value is -1.58. The molecule has 16 heavy (non-hydrogen) atoms. The predicted molar refractivity (Wildman–Crippen MR) is 54.6 cm³/mol. The van der Waals surface area contributed by atoms with E-state index in [4.69, 9.17) is 0 Å². The average molecular weight is 230 g/mol. The van der Waals surface area contributed by atoms with E-state index in [1.807, 2.05) is 0 Å². The molecule has 0 N–H and O–H groups in total. The Bertz CT molecular complexity index is 330. The molecule has 4 heteroatoms. The second-order valence-electron chi connectivity index (χ2n) is 3.11. The molecule has 86 valence electrons. The van der Waals surface area contributed by atoms with Crippen molar-refractivity contribution in [3.05, 3.63) is 60.2 Å². The number of benzene rings is 1. The van der Waals surface area contributed by atoms with E-state index in [0.717, 1.165) is 12.2 Å². The van der Waals surface area contributed by atoms with Crippen LogP contribution in [0.5, 0.6) is 0 Å². The molecule has 0 saturated heterocycles. The van der Waals surface area contributed by atoms with Crippen LogP contribution < -0.4 is 0 Å². The van der Waals surface area contributed by atoms with Crippen LogP contribution in [0.2, 0.25) is 0 Å². The summed E-state index contributed by atoms with van der Waals surface area (Å²) in [6.07, 6.45) is -1.42. The lowest BCUT2D eigenvalue weighted by Crippen LogP contribution is -1.91. The second kappa shape index (κ2) is 6.10. The standard InChI is InChI=1S/C12H10F4/c13-7-5-11(15)9-1-2-10(4-3-9)12(16)6-8-14/h1-8,11-12H. The molecular formula is C12H10F4. The van der Waals surface area contributed by atoms with Gasteiger partial charge in [0, 0.05) is 0 Å². The molecule has 1 aromatic rings. The number of hydrogen-bond acceptors (Lipinski definition) is 0. The molecule has 0 aliphatic carbocycles. The lowest BCUT2D eigenvalue weighted by molar-refractivity contribution is 0.404. The van der Waals surface area contributed by atoms with Gasteiger partial charge in [-0.15, -0.1) is 0 Å². The SMILES string of the molecule is FC=CC(F)c1ccc(C(F)C=CF)cc1. The zero-order valence-corrected chi connectivity index (χ0v) is 8.29. The van der Waals surface area contributed by atoms with Crippen LogP contribution in [-0.2, 0) is 0 Å². The van der Waals surface area contributed by atoms with Gasteiger partial charge in [0.25, 0.3) is 0 Å². The third kappa shape index (κ3) is 3.22. The third-order valence-electron chi connectivity index (χ3n) is 2.06. The van der Waals surface area contributed by atoms with Gasteiger partial charge in [-0.3, -0.25) is 0 Å². The minimum Gasteiger partial charge on any atom is -0.238 e. The maximum absolute atomic E-state index is 13.1. The minimum absolute atomic E-state index is 0.113. The molecule has 0 aromatic heterocycles. The van der Waals surface area contributed by atoms with E-state index in [2.05, 4.69) is 0 Å². The number of alkyl halides is 2. The maximum atomic E-state index is 13.1. The van der Waals surface area contributed by atoms with Gasteiger partial charge in [0.15, 0.2) is 0 Å². The van der Waals surface area contributed by atoms with E-state index >= 15 is 0 Å². The summed E-state index contributed by atoms with van der Waals surface area (Å²) in [5.74, 6) is 0. The molecule has 0 heterocycles. The summed E-state index contributed by atoms with van der Waals surface area (Å²) in [6.45, 7) is 0. The molecule has 0 amide bonds. The Kier molecular flexibility index (Phi) is 4.76. The highest BCUT2D eigenvalue weighted by Crippen LogP contribution is 2.24. The van der Waals surface area contributed by atoms with Gasteiger partial charge in [-0.2, -0.15) is 0 Å². The van der Waals surface area contributed by atoms with Crippen LogP contribution in [-0.4, -0.2) is 0 Å². The summed E-state index contributed by atoms with van der Waals surface area (Å²) in [7, 11) is 0. The Balaban J connectivity index is 2.82.